The maximum atomic E-state index is 11.1. The average molecular weight is 256 g/mol. The summed E-state index contributed by atoms with van der Waals surface area (Å²) in [6.45, 7) is 0.739. The zero-order valence-corrected chi connectivity index (χ0v) is 10.7. The molecule has 0 aliphatic carbocycles. The highest BCUT2D eigenvalue weighted by Crippen LogP contribution is 2.16. The second kappa shape index (κ2) is 6.44. The van der Waals surface area contributed by atoms with Gasteiger partial charge in [-0.2, -0.15) is 0 Å². The largest absolute Gasteiger partial charge is 0.453 e. The van der Waals surface area contributed by atoms with Crippen LogP contribution in [0, 0.1) is 0 Å². The minimum absolute atomic E-state index is 0.472. The molecule has 0 fully saturated rings. The van der Waals surface area contributed by atoms with E-state index in [1.165, 1.54) is 12.7 Å². The van der Waals surface area contributed by atoms with Crippen molar-refractivity contribution in [2.75, 3.05) is 17.7 Å². The number of carbonyl (C=O) groups is 1. The van der Waals surface area contributed by atoms with E-state index in [-0.39, 0.29) is 0 Å². The van der Waals surface area contributed by atoms with Crippen molar-refractivity contribution >= 4 is 17.5 Å². The van der Waals surface area contributed by atoms with E-state index < -0.39 is 6.09 Å². The first kappa shape index (κ1) is 13.0. The van der Waals surface area contributed by atoms with Gasteiger partial charge in [-0.15, -0.1) is 0 Å². The molecule has 4 heteroatoms. The molecule has 2 aromatic carbocycles. The van der Waals surface area contributed by atoms with Crippen LogP contribution in [0.2, 0.25) is 0 Å². The van der Waals surface area contributed by atoms with E-state index in [1.807, 2.05) is 42.5 Å². The fourth-order valence-electron chi connectivity index (χ4n) is 1.68. The van der Waals surface area contributed by atoms with Crippen LogP contribution in [-0.4, -0.2) is 13.2 Å². The van der Waals surface area contributed by atoms with Crippen LogP contribution in [0.1, 0.15) is 5.56 Å². The zero-order valence-electron chi connectivity index (χ0n) is 10.7. The molecule has 0 aliphatic heterocycles. The van der Waals surface area contributed by atoms with Crippen LogP contribution in [0.4, 0.5) is 16.2 Å². The molecule has 19 heavy (non-hydrogen) atoms. The molecule has 0 aliphatic rings. The number of amides is 1. The summed E-state index contributed by atoms with van der Waals surface area (Å²) in [5.74, 6) is 0. The van der Waals surface area contributed by atoms with E-state index in [1.54, 1.807) is 0 Å². The van der Waals surface area contributed by atoms with Crippen LogP contribution < -0.4 is 10.6 Å². The van der Waals surface area contributed by atoms with Crippen LogP contribution in [-0.2, 0) is 11.3 Å². The Labute approximate surface area is 112 Å². The molecular weight excluding hydrogens is 240 g/mol. The first-order chi connectivity index (χ1) is 9.28. The SMILES string of the molecule is COC(=O)Nc1cccc(NCc2ccccc2)c1. The van der Waals surface area contributed by atoms with Crippen molar-refractivity contribution in [3.63, 3.8) is 0 Å². The Morgan fingerprint density at radius 3 is 2.53 bits per heavy atom. The number of nitrogens with one attached hydrogen (secondary N) is 2. The molecule has 2 rings (SSSR count). The van der Waals surface area contributed by atoms with Gasteiger partial charge < -0.3 is 10.1 Å². The normalized spacial score (nSPS) is 9.74. The van der Waals surface area contributed by atoms with Gasteiger partial charge in [0.2, 0.25) is 0 Å². The number of ether oxygens (including phenoxy) is 1. The molecule has 2 aromatic rings. The molecule has 98 valence electrons. The average Bonchev–Trinajstić information content (AvgIpc) is 2.46. The molecule has 0 unspecified atom stereocenters. The monoisotopic (exact) mass is 256 g/mol. The second-order valence-electron chi connectivity index (χ2n) is 4.04. The Bertz CT molecular complexity index is 541. The first-order valence-electron chi connectivity index (χ1n) is 6.01. The lowest BCUT2D eigenvalue weighted by atomic mass is 10.2. The van der Waals surface area contributed by atoms with Gasteiger partial charge in [-0.1, -0.05) is 36.4 Å². The zero-order chi connectivity index (χ0) is 13.5. The fraction of sp³-hybridized carbons (Fsp3) is 0.133. The number of carbonyl (C=O) groups excluding carboxylic acids is 1. The van der Waals surface area contributed by atoms with Crippen LogP contribution in [0.25, 0.3) is 0 Å². The number of benzene rings is 2. The molecule has 1 amide bonds. The highest BCUT2D eigenvalue weighted by atomic mass is 16.5. The maximum Gasteiger partial charge on any atom is 0.411 e. The van der Waals surface area contributed by atoms with E-state index in [4.69, 9.17) is 0 Å². The molecule has 0 radical (unpaired) electrons. The highest BCUT2D eigenvalue weighted by Gasteiger charge is 2.01. The number of methoxy groups -OCH3 is 1. The maximum absolute atomic E-state index is 11.1. The quantitative estimate of drug-likeness (QED) is 0.880. The highest BCUT2D eigenvalue weighted by molar-refractivity contribution is 5.85. The third kappa shape index (κ3) is 4.03. The van der Waals surface area contributed by atoms with Gasteiger partial charge in [-0.25, -0.2) is 4.79 Å². The van der Waals surface area contributed by atoms with Crippen molar-refractivity contribution in [3.8, 4) is 0 Å². The van der Waals surface area contributed by atoms with Crippen molar-refractivity contribution in [2.24, 2.45) is 0 Å². The molecule has 4 nitrogen and oxygen atoms in total. The molecule has 0 spiro atoms. The summed E-state index contributed by atoms with van der Waals surface area (Å²) in [7, 11) is 1.34. The smallest absolute Gasteiger partial charge is 0.411 e. The molecular formula is C15H16N2O2. The number of anilines is 2. The van der Waals surface area contributed by atoms with Gasteiger partial charge >= 0.3 is 6.09 Å². The summed E-state index contributed by atoms with van der Waals surface area (Å²) in [5, 5.41) is 5.93. The molecule has 0 heterocycles. The van der Waals surface area contributed by atoms with E-state index in [0.29, 0.717) is 5.69 Å². The Morgan fingerprint density at radius 2 is 1.79 bits per heavy atom. The topological polar surface area (TPSA) is 50.4 Å². The third-order valence-electron chi connectivity index (χ3n) is 2.63. The summed E-state index contributed by atoms with van der Waals surface area (Å²) in [6, 6.07) is 17.6. The summed E-state index contributed by atoms with van der Waals surface area (Å²) in [5.41, 5.74) is 2.84. The van der Waals surface area contributed by atoms with Gasteiger partial charge in [0.15, 0.2) is 0 Å². The van der Waals surface area contributed by atoms with Crippen molar-refractivity contribution in [1.29, 1.82) is 0 Å². The van der Waals surface area contributed by atoms with Crippen molar-refractivity contribution < 1.29 is 9.53 Å². The fourth-order valence-corrected chi connectivity index (χ4v) is 1.68. The van der Waals surface area contributed by atoms with Crippen LogP contribution >= 0.6 is 0 Å². The summed E-state index contributed by atoms with van der Waals surface area (Å²) < 4.78 is 4.55. The lowest BCUT2D eigenvalue weighted by Crippen LogP contribution is -2.11. The molecule has 0 bridgehead atoms. The van der Waals surface area contributed by atoms with E-state index >= 15 is 0 Å². The van der Waals surface area contributed by atoms with Gasteiger partial charge in [0.25, 0.3) is 0 Å². The molecule has 0 saturated heterocycles. The lowest BCUT2D eigenvalue weighted by molar-refractivity contribution is 0.187. The van der Waals surface area contributed by atoms with E-state index in [2.05, 4.69) is 27.5 Å². The van der Waals surface area contributed by atoms with Gasteiger partial charge in [0.05, 0.1) is 7.11 Å². The van der Waals surface area contributed by atoms with E-state index in [9.17, 15) is 4.79 Å². The van der Waals surface area contributed by atoms with Crippen molar-refractivity contribution in [1.82, 2.24) is 0 Å². The summed E-state index contributed by atoms with van der Waals surface area (Å²) in [6.07, 6.45) is -0.472. The molecule has 0 aromatic heterocycles. The predicted octanol–water partition coefficient (Wildman–Crippen LogP) is 3.48. The summed E-state index contributed by atoms with van der Waals surface area (Å²) in [4.78, 5) is 11.1. The standard InChI is InChI=1S/C15H16N2O2/c1-19-15(18)17-14-9-5-8-13(10-14)16-11-12-6-3-2-4-7-12/h2-10,16H,11H2,1H3,(H,17,18). The summed E-state index contributed by atoms with van der Waals surface area (Å²) >= 11 is 0. The second-order valence-corrected chi connectivity index (χ2v) is 4.04. The number of hydrogen-bond acceptors (Lipinski definition) is 3. The Morgan fingerprint density at radius 1 is 1.05 bits per heavy atom. The molecule has 2 N–H and O–H groups in total. The van der Waals surface area contributed by atoms with Gasteiger partial charge in [-0.05, 0) is 23.8 Å². The van der Waals surface area contributed by atoms with Crippen LogP contribution in [0.5, 0.6) is 0 Å². The Hall–Kier alpha value is -2.49. The van der Waals surface area contributed by atoms with Crippen molar-refractivity contribution in [2.45, 2.75) is 6.54 Å². The van der Waals surface area contributed by atoms with Crippen molar-refractivity contribution in [3.05, 3.63) is 60.2 Å². The molecule has 0 saturated carbocycles. The van der Waals surface area contributed by atoms with Gasteiger partial charge in [0, 0.05) is 17.9 Å². The minimum atomic E-state index is -0.472. The lowest BCUT2D eigenvalue weighted by Gasteiger charge is -2.09. The number of rotatable bonds is 4. The predicted molar refractivity (Wildman–Crippen MR) is 76.2 cm³/mol. The number of hydrogen-bond donors (Lipinski definition) is 2. The van der Waals surface area contributed by atoms with Crippen LogP contribution in [0.15, 0.2) is 54.6 Å². The Balaban J connectivity index is 1.97. The Kier molecular flexibility index (Phi) is 4.39. The third-order valence-corrected chi connectivity index (χ3v) is 2.63. The van der Waals surface area contributed by atoms with Gasteiger partial charge in [-0.3, -0.25) is 5.32 Å². The van der Waals surface area contributed by atoms with Crippen LogP contribution in [0.3, 0.4) is 0 Å². The van der Waals surface area contributed by atoms with Gasteiger partial charge in [0.1, 0.15) is 0 Å². The first-order valence-corrected chi connectivity index (χ1v) is 6.01. The minimum Gasteiger partial charge on any atom is -0.453 e. The van der Waals surface area contributed by atoms with E-state index in [0.717, 1.165) is 12.2 Å². The molecule has 0 atom stereocenters.